The maximum atomic E-state index is 12.8. The molecule has 1 aliphatic heterocycles. The minimum Gasteiger partial charge on any atom is -0.339 e. The van der Waals surface area contributed by atoms with E-state index in [0.29, 0.717) is 11.3 Å². The molecule has 1 heterocycles. The van der Waals surface area contributed by atoms with Crippen molar-refractivity contribution in [2.75, 3.05) is 18.4 Å². The Labute approximate surface area is 154 Å². The molecule has 1 fully saturated rings. The summed E-state index contributed by atoms with van der Waals surface area (Å²) in [7, 11) is 0. The van der Waals surface area contributed by atoms with Crippen LogP contribution in [0.1, 0.15) is 47.7 Å². The zero-order chi connectivity index (χ0) is 18.1. The van der Waals surface area contributed by atoms with Crippen LogP contribution in [0.2, 0.25) is 0 Å². The molecule has 1 spiro atoms. The topological polar surface area (TPSA) is 49.4 Å². The number of carbonyl (C=O) groups excluding carboxylic acids is 2. The Bertz CT molecular complexity index is 833. The van der Waals surface area contributed by atoms with Gasteiger partial charge in [-0.2, -0.15) is 0 Å². The summed E-state index contributed by atoms with van der Waals surface area (Å²) in [5.41, 5.74) is 4.66. The summed E-state index contributed by atoms with van der Waals surface area (Å²) in [6.07, 6.45) is 4.45. The van der Waals surface area contributed by atoms with Gasteiger partial charge in [0.1, 0.15) is 0 Å². The number of nitrogens with one attached hydrogen (secondary N) is 1. The van der Waals surface area contributed by atoms with Gasteiger partial charge in [0.15, 0.2) is 0 Å². The molecule has 26 heavy (non-hydrogen) atoms. The van der Waals surface area contributed by atoms with Crippen molar-refractivity contribution in [1.29, 1.82) is 0 Å². The number of nitrogens with zero attached hydrogens (tertiary/aromatic N) is 1. The van der Waals surface area contributed by atoms with Crippen LogP contribution in [-0.2, 0) is 16.6 Å². The fourth-order valence-corrected chi connectivity index (χ4v) is 4.50. The van der Waals surface area contributed by atoms with Gasteiger partial charge in [-0.15, -0.1) is 0 Å². The summed E-state index contributed by atoms with van der Waals surface area (Å²) < 4.78 is 0. The van der Waals surface area contributed by atoms with Crippen molar-refractivity contribution in [2.24, 2.45) is 0 Å². The average Bonchev–Trinajstić information content (AvgIpc) is 3.01. The van der Waals surface area contributed by atoms with E-state index in [1.807, 2.05) is 4.90 Å². The zero-order valence-corrected chi connectivity index (χ0v) is 15.1. The van der Waals surface area contributed by atoms with Crippen LogP contribution in [0.15, 0.2) is 48.5 Å². The van der Waals surface area contributed by atoms with Crippen LogP contribution in [-0.4, -0.2) is 29.8 Å². The highest BCUT2D eigenvalue weighted by molar-refractivity contribution is 5.95. The van der Waals surface area contributed by atoms with Gasteiger partial charge in [0.05, 0.1) is 0 Å². The largest absolute Gasteiger partial charge is 0.339 e. The molecule has 4 nitrogen and oxygen atoms in total. The number of carbonyl (C=O) groups is 2. The summed E-state index contributed by atoms with van der Waals surface area (Å²) in [6, 6.07) is 16.0. The highest BCUT2D eigenvalue weighted by Gasteiger charge is 2.41. The SMILES string of the molecule is CC(=O)Nc1ccc(C(=O)N2CCC3(CCc4ccccc43)CC2)cc1. The number of hydrogen-bond donors (Lipinski definition) is 1. The predicted octanol–water partition coefficient (Wildman–Crippen LogP) is 3.77. The van der Waals surface area contributed by atoms with Gasteiger partial charge in [-0.1, -0.05) is 24.3 Å². The summed E-state index contributed by atoms with van der Waals surface area (Å²) >= 11 is 0. The predicted molar refractivity (Wildman–Crippen MR) is 102 cm³/mol. The van der Waals surface area contributed by atoms with Crippen molar-refractivity contribution in [3.8, 4) is 0 Å². The third-order valence-corrected chi connectivity index (χ3v) is 5.92. The molecule has 4 rings (SSSR count). The lowest BCUT2D eigenvalue weighted by molar-refractivity contribution is -0.114. The van der Waals surface area contributed by atoms with Crippen molar-refractivity contribution >= 4 is 17.5 Å². The monoisotopic (exact) mass is 348 g/mol. The van der Waals surface area contributed by atoms with Crippen molar-refractivity contribution in [1.82, 2.24) is 4.90 Å². The number of hydrogen-bond acceptors (Lipinski definition) is 2. The second kappa shape index (κ2) is 6.60. The minimum atomic E-state index is -0.109. The van der Waals surface area contributed by atoms with Gasteiger partial charge in [0.2, 0.25) is 5.91 Å². The molecule has 0 atom stereocenters. The molecule has 0 radical (unpaired) electrons. The van der Waals surface area contributed by atoms with Crippen molar-refractivity contribution in [3.63, 3.8) is 0 Å². The Hall–Kier alpha value is -2.62. The fourth-order valence-electron chi connectivity index (χ4n) is 4.50. The molecule has 2 aliphatic rings. The molecule has 0 bridgehead atoms. The van der Waals surface area contributed by atoms with Gasteiger partial charge >= 0.3 is 0 Å². The van der Waals surface area contributed by atoms with Crippen LogP contribution in [0.4, 0.5) is 5.69 Å². The minimum absolute atomic E-state index is 0.0838. The van der Waals surface area contributed by atoms with Gasteiger partial charge in [-0.3, -0.25) is 9.59 Å². The normalized spacial score (nSPS) is 17.8. The number of anilines is 1. The lowest BCUT2D eigenvalue weighted by atomic mass is 9.74. The first-order chi connectivity index (χ1) is 12.6. The number of piperidine rings is 1. The molecule has 134 valence electrons. The molecule has 2 amide bonds. The zero-order valence-electron chi connectivity index (χ0n) is 15.1. The first-order valence-electron chi connectivity index (χ1n) is 9.33. The highest BCUT2D eigenvalue weighted by Crippen LogP contribution is 2.46. The number of aryl methyl sites for hydroxylation is 1. The van der Waals surface area contributed by atoms with Gasteiger partial charge in [-0.05, 0) is 66.5 Å². The van der Waals surface area contributed by atoms with E-state index in [2.05, 4.69) is 29.6 Å². The average molecular weight is 348 g/mol. The van der Waals surface area contributed by atoms with Crippen LogP contribution >= 0.6 is 0 Å². The van der Waals surface area contributed by atoms with Crippen LogP contribution in [0.5, 0.6) is 0 Å². The molecule has 0 unspecified atom stereocenters. The summed E-state index contributed by atoms with van der Waals surface area (Å²) in [5.74, 6) is -0.0252. The Morgan fingerprint density at radius 3 is 2.35 bits per heavy atom. The number of fused-ring (bicyclic) bond motifs is 2. The molecule has 1 aliphatic carbocycles. The smallest absolute Gasteiger partial charge is 0.253 e. The van der Waals surface area contributed by atoms with Gasteiger partial charge in [0, 0.05) is 31.3 Å². The van der Waals surface area contributed by atoms with E-state index in [9.17, 15) is 9.59 Å². The fraction of sp³-hybridized carbons (Fsp3) is 0.364. The summed E-state index contributed by atoms with van der Waals surface area (Å²) in [4.78, 5) is 25.9. The lowest BCUT2D eigenvalue weighted by Gasteiger charge is -2.40. The highest BCUT2D eigenvalue weighted by atomic mass is 16.2. The van der Waals surface area contributed by atoms with E-state index in [0.717, 1.165) is 32.4 Å². The molecule has 1 N–H and O–H groups in total. The van der Waals surface area contributed by atoms with Crippen LogP contribution in [0.3, 0.4) is 0 Å². The first kappa shape index (κ1) is 16.8. The Kier molecular flexibility index (Phi) is 4.27. The molecule has 2 aromatic carbocycles. The van der Waals surface area contributed by atoms with Crippen LogP contribution < -0.4 is 5.32 Å². The lowest BCUT2D eigenvalue weighted by Crippen LogP contribution is -2.44. The quantitative estimate of drug-likeness (QED) is 0.898. The molecule has 0 aromatic heterocycles. The number of benzene rings is 2. The van der Waals surface area contributed by atoms with Crippen LogP contribution in [0, 0.1) is 0 Å². The number of likely N-dealkylation sites (tertiary alicyclic amines) is 1. The maximum Gasteiger partial charge on any atom is 0.253 e. The van der Waals surface area contributed by atoms with E-state index in [4.69, 9.17) is 0 Å². The van der Waals surface area contributed by atoms with E-state index >= 15 is 0 Å². The summed E-state index contributed by atoms with van der Waals surface area (Å²) in [5, 5.41) is 2.73. The Balaban J connectivity index is 1.44. The third kappa shape index (κ3) is 3.00. The molecular formula is C22H24N2O2. The number of amides is 2. The van der Waals surface area contributed by atoms with Crippen molar-refractivity contribution < 1.29 is 9.59 Å². The van der Waals surface area contributed by atoms with E-state index < -0.39 is 0 Å². The molecule has 0 saturated carbocycles. The van der Waals surface area contributed by atoms with Gasteiger partial charge in [0.25, 0.3) is 5.91 Å². The maximum absolute atomic E-state index is 12.8. The molecule has 1 saturated heterocycles. The van der Waals surface area contributed by atoms with E-state index in [1.165, 1.54) is 24.5 Å². The Morgan fingerprint density at radius 1 is 0.962 bits per heavy atom. The summed E-state index contributed by atoms with van der Waals surface area (Å²) in [6.45, 7) is 3.09. The van der Waals surface area contributed by atoms with Gasteiger partial charge < -0.3 is 10.2 Å². The van der Waals surface area contributed by atoms with E-state index in [1.54, 1.807) is 24.3 Å². The van der Waals surface area contributed by atoms with Crippen molar-refractivity contribution in [2.45, 2.75) is 38.0 Å². The Morgan fingerprint density at radius 2 is 1.65 bits per heavy atom. The van der Waals surface area contributed by atoms with Crippen molar-refractivity contribution in [3.05, 3.63) is 65.2 Å². The van der Waals surface area contributed by atoms with Crippen LogP contribution in [0.25, 0.3) is 0 Å². The number of rotatable bonds is 2. The second-order valence-electron chi connectivity index (χ2n) is 7.49. The molecular weight excluding hydrogens is 324 g/mol. The van der Waals surface area contributed by atoms with Gasteiger partial charge in [-0.25, -0.2) is 0 Å². The second-order valence-corrected chi connectivity index (χ2v) is 7.49. The van der Waals surface area contributed by atoms with E-state index in [-0.39, 0.29) is 17.2 Å². The molecule has 4 heteroatoms. The standard InChI is InChI=1S/C22H24N2O2/c1-16(25)23-19-8-6-18(7-9-19)21(26)24-14-12-22(13-15-24)11-10-17-4-2-3-5-20(17)22/h2-9H,10-15H2,1H3,(H,23,25). The molecule has 2 aromatic rings. The first-order valence-corrected chi connectivity index (χ1v) is 9.33. The third-order valence-electron chi connectivity index (χ3n) is 5.92.